The lowest BCUT2D eigenvalue weighted by molar-refractivity contribution is -0.148. The van der Waals surface area contributed by atoms with Crippen LogP contribution in [0.25, 0.3) is 0 Å². The minimum atomic E-state index is -1.84. The van der Waals surface area contributed by atoms with Crippen LogP contribution in [0.1, 0.15) is 26.2 Å². The number of carbonyl (C=O) groups is 3. The molecule has 0 radical (unpaired) electrons. The summed E-state index contributed by atoms with van der Waals surface area (Å²) in [5, 5.41) is 11.6. The fourth-order valence-corrected chi connectivity index (χ4v) is 2.37. The summed E-state index contributed by atoms with van der Waals surface area (Å²) < 4.78 is 5.05. The minimum absolute atomic E-state index is 0.0457. The lowest BCUT2D eigenvalue weighted by Crippen LogP contribution is -2.53. The summed E-state index contributed by atoms with van der Waals surface area (Å²) in [4.78, 5) is 33.7. The van der Waals surface area contributed by atoms with Crippen molar-refractivity contribution < 1.29 is 24.2 Å². The van der Waals surface area contributed by atoms with E-state index in [4.69, 9.17) is 15.6 Å². The standard InChI is InChI=1S/C14H28N2O5Si/c1-11(17)14(15,12(18)19)7-5-6-8-16-13(20)21-9-10-22(2,3)4/h5-10,15H2,1-4H3,(H,16,20)(H,18,19)/t14-/m1/s1. The average Bonchev–Trinajstić information content (AvgIpc) is 2.35. The molecule has 0 rings (SSSR count). The van der Waals surface area contributed by atoms with E-state index in [-0.39, 0.29) is 6.42 Å². The van der Waals surface area contributed by atoms with E-state index < -0.39 is 31.5 Å². The highest BCUT2D eigenvalue weighted by Crippen LogP contribution is 2.13. The molecule has 0 aromatic heterocycles. The van der Waals surface area contributed by atoms with Crippen molar-refractivity contribution in [2.24, 2.45) is 5.73 Å². The second-order valence-corrected chi connectivity index (χ2v) is 12.3. The molecule has 1 amide bonds. The van der Waals surface area contributed by atoms with E-state index in [9.17, 15) is 14.4 Å². The zero-order chi connectivity index (χ0) is 17.4. The van der Waals surface area contributed by atoms with Crippen LogP contribution >= 0.6 is 0 Å². The van der Waals surface area contributed by atoms with Gasteiger partial charge in [0.1, 0.15) is 0 Å². The van der Waals surface area contributed by atoms with Crippen molar-refractivity contribution in [3.63, 3.8) is 0 Å². The molecule has 0 fully saturated rings. The molecule has 1 atom stereocenters. The van der Waals surface area contributed by atoms with Crippen LogP contribution < -0.4 is 11.1 Å². The third-order valence-electron chi connectivity index (χ3n) is 3.36. The molecule has 0 aliphatic rings. The number of rotatable bonds is 10. The quantitative estimate of drug-likeness (QED) is 0.317. The van der Waals surface area contributed by atoms with Crippen LogP contribution in [0.2, 0.25) is 25.7 Å². The molecule has 0 aromatic carbocycles. The SMILES string of the molecule is CC(=O)[C@](N)(CCCCNC(=O)OCC[Si](C)(C)C)C(=O)O. The number of carbonyl (C=O) groups excluding carboxylic acids is 2. The zero-order valence-electron chi connectivity index (χ0n) is 13.9. The predicted octanol–water partition coefficient (Wildman–Crippen LogP) is 1.59. The first-order chi connectivity index (χ1) is 9.99. The van der Waals surface area contributed by atoms with Crippen molar-refractivity contribution in [3.8, 4) is 0 Å². The lowest BCUT2D eigenvalue weighted by Gasteiger charge is -2.21. The number of ether oxygens (including phenoxy) is 1. The first-order valence-electron chi connectivity index (χ1n) is 7.43. The van der Waals surface area contributed by atoms with Gasteiger partial charge in [0, 0.05) is 14.6 Å². The number of carboxylic acid groups (broad SMARTS) is 1. The van der Waals surface area contributed by atoms with E-state index in [0.717, 1.165) is 6.04 Å². The number of amides is 1. The smallest absolute Gasteiger partial charge is 0.407 e. The Labute approximate surface area is 132 Å². The van der Waals surface area contributed by atoms with Crippen molar-refractivity contribution in [2.75, 3.05) is 13.2 Å². The Morgan fingerprint density at radius 2 is 1.82 bits per heavy atom. The number of nitrogens with one attached hydrogen (secondary N) is 1. The van der Waals surface area contributed by atoms with E-state index in [2.05, 4.69) is 25.0 Å². The molecule has 0 bridgehead atoms. The minimum Gasteiger partial charge on any atom is -0.480 e. The highest BCUT2D eigenvalue weighted by molar-refractivity contribution is 6.76. The number of Topliss-reactive ketones (excluding diaryl/α,β-unsaturated/α-hetero) is 1. The number of carboxylic acids is 1. The predicted molar refractivity (Wildman–Crippen MR) is 86.6 cm³/mol. The number of hydrogen-bond acceptors (Lipinski definition) is 5. The van der Waals surface area contributed by atoms with E-state index in [0.29, 0.717) is 26.0 Å². The van der Waals surface area contributed by atoms with Gasteiger partial charge in [-0.05, 0) is 32.2 Å². The Morgan fingerprint density at radius 1 is 1.23 bits per heavy atom. The van der Waals surface area contributed by atoms with Gasteiger partial charge < -0.3 is 20.9 Å². The number of alkyl carbamates (subject to hydrolysis) is 1. The normalized spacial score (nSPS) is 14.0. The zero-order valence-corrected chi connectivity index (χ0v) is 14.9. The van der Waals surface area contributed by atoms with Gasteiger partial charge in [-0.3, -0.25) is 4.79 Å². The maximum atomic E-state index is 11.4. The number of nitrogens with two attached hydrogens (primary N) is 1. The lowest BCUT2D eigenvalue weighted by atomic mass is 9.90. The van der Waals surface area contributed by atoms with Crippen LogP contribution in [0.5, 0.6) is 0 Å². The Balaban J connectivity index is 3.87. The Bertz CT molecular complexity index is 393. The number of hydrogen-bond donors (Lipinski definition) is 3. The Hall–Kier alpha value is -1.41. The van der Waals surface area contributed by atoms with E-state index in [1.165, 1.54) is 6.92 Å². The summed E-state index contributed by atoms with van der Waals surface area (Å²) in [5.41, 5.74) is 3.74. The van der Waals surface area contributed by atoms with Crippen LogP contribution in [0.15, 0.2) is 0 Å². The fourth-order valence-electron chi connectivity index (χ4n) is 1.65. The molecule has 8 heteroatoms. The van der Waals surface area contributed by atoms with Gasteiger partial charge in [0.25, 0.3) is 0 Å². The molecule has 0 unspecified atom stereocenters. The number of unbranched alkanes of at least 4 members (excludes halogenated alkanes) is 1. The largest absolute Gasteiger partial charge is 0.480 e. The van der Waals surface area contributed by atoms with E-state index in [1.807, 2.05) is 0 Å². The Morgan fingerprint density at radius 3 is 2.27 bits per heavy atom. The molecule has 7 nitrogen and oxygen atoms in total. The molecular weight excluding hydrogens is 304 g/mol. The van der Waals surface area contributed by atoms with Crippen LogP contribution in [0.3, 0.4) is 0 Å². The molecular formula is C14H28N2O5Si. The molecule has 22 heavy (non-hydrogen) atoms. The van der Waals surface area contributed by atoms with E-state index >= 15 is 0 Å². The maximum Gasteiger partial charge on any atom is 0.407 e. The molecule has 0 saturated heterocycles. The third-order valence-corrected chi connectivity index (χ3v) is 5.07. The molecule has 0 aliphatic heterocycles. The average molecular weight is 332 g/mol. The van der Waals surface area contributed by atoms with Crippen molar-refractivity contribution >= 4 is 25.9 Å². The van der Waals surface area contributed by atoms with Crippen molar-refractivity contribution in [1.82, 2.24) is 5.32 Å². The second-order valence-electron chi connectivity index (χ2n) is 6.66. The van der Waals surface area contributed by atoms with Crippen molar-refractivity contribution in [3.05, 3.63) is 0 Å². The highest BCUT2D eigenvalue weighted by Gasteiger charge is 2.38. The molecule has 128 valence electrons. The molecule has 0 spiro atoms. The monoisotopic (exact) mass is 332 g/mol. The summed E-state index contributed by atoms with van der Waals surface area (Å²) in [7, 11) is -1.22. The van der Waals surface area contributed by atoms with Crippen LogP contribution in [-0.2, 0) is 14.3 Å². The van der Waals surface area contributed by atoms with Crippen molar-refractivity contribution in [1.29, 1.82) is 0 Å². The van der Waals surface area contributed by atoms with Crippen LogP contribution in [0.4, 0.5) is 4.79 Å². The summed E-state index contributed by atoms with van der Waals surface area (Å²) in [6, 6.07) is 0.910. The summed E-state index contributed by atoms with van der Waals surface area (Å²) in [6.07, 6.45) is 0.534. The van der Waals surface area contributed by atoms with Crippen LogP contribution in [0, 0.1) is 0 Å². The van der Waals surface area contributed by atoms with Gasteiger partial charge >= 0.3 is 12.1 Å². The molecule has 0 aromatic rings. The number of aliphatic carboxylic acids is 1. The maximum absolute atomic E-state index is 11.4. The van der Waals surface area contributed by atoms with Gasteiger partial charge in [0.05, 0.1) is 6.61 Å². The van der Waals surface area contributed by atoms with Gasteiger partial charge in [0.2, 0.25) is 0 Å². The van der Waals surface area contributed by atoms with E-state index in [1.54, 1.807) is 0 Å². The first kappa shape index (κ1) is 20.6. The highest BCUT2D eigenvalue weighted by atomic mass is 28.3. The first-order valence-corrected chi connectivity index (χ1v) is 11.1. The molecule has 4 N–H and O–H groups in total. The molecule has 0 heterocycles. The fraction of sp³-hybridized carbons (Fsp3) is 0.786. The molecule has 0 aliphatic carbocycles. The van der Waals surface area contributed by atoms with Crippen molar-refractivity contribution in [2.45, 2.75) is 57.4 Å². The third kappa shape index (κ3) is 8.13. The van der Waals surface area contributed by atoms with Crippen LogP contribution in [-0.4, -0.2) is 49.7 Å². The van der Waals surface area contributed by atoms with Gasteiger partial charge in [0.15, 0.2) is 11.3 Å². The van der Waals surface area contributed by atoms with Gasteiger partial charge in [-0.25, -0.2) is 9.59 Å². The Kier molecular flexibility index (Phi) is 8.32. The van der Waals surface area contributed by atoms with Gasteiger partial charge in [-0.1, -0.05) is 19.6 Å². The topological polar surface area (TPSA) is 119 Å². The summed E-state index contributed by atoms with van der Waals surface area (Å²) in [6.45, 7) is 8.54. The number of ketones is 1. The second kappa shape index (κ2) is 8.89. The van der Waals surface area contributed by atoms with Gasteiger partial charge in [-0.2, -0.15) is 0 Å². The van der Waals surface area contributed by atoms with Gasteiger partial charge in [-0.15, -0.1) is 0 Å². The summed E-state index contributed by atoms with van der Waals surface area (Å²) >= 11 is 0. The molecule has 0 saturated carbocycles. The summed E-state index contributed by atoms with van der Waals surface area (Å²) in [5.74, 6) is -1.89.